The minimum Gasteiger partial charge on any atom is -0.307 e. The first kappa shape index (κ1) is 22.1. The summed E-state index contributed by atoms with van der Waals surface area (Å²) in [4.78, 5) is 16.3. The second kappa shape index (κ2) is 8.55. The summed E-state index contributed by atoms with van der Waals surface area (Å²) < 4.78 is 15.7. The van der Waals surface area contributed by atoms with Crippen LogP contribution in [0.15, 0.2) is 131 Å². The second-order valence-corrected chi connectivity index (χ2v) is 10.9. The fraction of sp³-hybridized carbons (Fsp3) is 0. The Labute approximate surface area is 226 Å². The lowest BCUT2D eigenvalue weighted by Crippen LogP contribution is -2.09. The number of fused-ring (bicyclic) bond motifs is 5. The molecular weight excluding hydrogens is 500 g/mol. The van der Waals surface area contributed by atoms with Crippen LogP contribution in [-0.4, -0.2) is 23.7 Å². The van der Waals surface area contributed by atoms with Crippen molar-refractivity contribution in [3.8, 4) is 39.9 Å². The molecule has 1 unspecified atom stereocenters. The zero-order valence-corrected chi connectivity index (χ0v) is 21.5. The van der Waals surface area contributed by atoms with Crippen molar-refractivity contribution in [3.63, 3.8) is 0 Å². The van der Waals surface area contributed by atoms with Crippen LogP contribution in [0.5, 0.6) is 0 Å². The van der Waals surface area contributed by atoms with Crippen LogP contribution in [0.2, 0.25) is 0 Å². The molecule has 5 aromatic carbocycles. The molecule has 1 atom stereocenters. The van der Waals surface area contributed by atoms with Crippen LogP contribution < -0.4 is 0 Å². The number of aromatic nitrogens is 4. The normalized spacial score (nSPS) is 14.0. The summed E-state index contributed by atoms with van der Waals surface area (Å²) in [6.07, 6.45) is 0. The molecule has 0 bridgehead atoms. The zero-order valence-electron chi connectivity index (χ0n) is 20.7. The molecule has 6 heteroatoms. The number of benzene rings is 5. The smallest absolute Gasteiger partial charge is 0.164 e. The molecule has 3 heterocycles. The molecule has 39 heavy (non-hydrogen) atoms. The van der Waals surface area contributed by atoms with Gasteiger partial charge in [-0.05, 0) is 36.4 Å². The van der Waals surface area contributed by atoms with E-state index in [1.165, 1.54) is 0 Å². The summed E-state index contributed by atoms with van der Waals surface area (Å²) in [5.74, 6) is 1.87. The lowest BCUT2D eigenvalue weighted by Gasteiger charge is -2.19. The van der Waals surface area contributed by atoms with Crippen LogP contribution in [0.25, 0.3) is 61.7 Å². The van der Waals surface area contributed by atoms with E-state index in [1.54, 1.807) is 0 Å². The first-order chi connectivity index (χ1) is 19.3. The third-order valence-electron chi connectivity index (χ3n) is 7.21. The van der Waals surface area contributed by atoms with Gasteiger partial charge in [0, 0.05) is 27.5 Å². The maximum absolute atomic E-state index is 13.5. The molecule has 0 amide bonds. The highest BCUT2D eigenvalue weighted by Gasteiger charge is 2.27. The molecular formula is C33H20N4OS. The summed E-state index contributed by atoms with van der Waals surface area (Å²) in [5, 5.41) is 2.13. The van der Waals surface area contributed by atoms with Gasteiger partial charge in [-0.3, -0.25) is 0 Å². The Hall–Kier alpha value is -4.94. The highest BCUT2D eigenvalue weighted by atomic mass is 32.2. The molecule has 0 spiro atoms. The Balaban J connectivity index is 1.39. The molecule has 0 fully saturated rings. The minimum absolute atomic E-state index is 0.612. The summed E-state index contributed by atoms with van der Waals surface area (Å²) in [7, 11) is -1.23. The van der Waals surface area contributed by atoms with E-state index in [-0.39, 0.29) is 0 Å². The van der Waals surface area contributed by atoms with E-state index in [9.17, 15) is 4.21 Å². The van der Waals surface area contributed by atoms with Gasteiger partial charge in [0.1, 0.15) is 0 Å². The van der Waals surface area contributed by atoms with Crippen LogP contribution in [0.1, 0.15) is 0 Å². The third kappa shape index (κ3) is 3.39. The first-order valence-electron chi connectivity index (χ1n) is 12.7. The van der Waals surface area contributed by atoms with E-state index in [1.807, 2.05) is 97.1 Å². The van der Waals surface area contributed by atoms with Gasteiger partial charge in [-0.2, -0.15) is 0 Å². The lowest BCUT2D eigenvalue weighted by molar-refractivity contribution is 0.682. The van der Waals surface area contributed by atoms with Gasteiger partial charge in [-0.15, -0.1) is 0 Å². The quantitative estimate of drug-likeness (QED) is 0.243. The van der Waals surface area contributed by atoms with Crippen LogP contribution in [0.3, 0.4) is 0 Å². The second-order valence-electron chi connectivity index (χ2n) is 9.49. The number of hydrogen-bond acceptors (Lipinski definition) is 4. The van der Waals surface area contributed by atoms with E-state index in [2.05, 4.69) is 28.8 Å². The highest BCUT2D eigenvalue weighted by Crippen LogP contribution is 2.42. The predicted molar refractivity (Wildman–Crippen MR) is 155 cm³/mol. The molecule has 0 aliphatic carbocycles. The lowest BCUT2D eigenvalue weighted by atomic mass is 10.1. The molecule has 1 aliphatic rings. The molecule has 2 aromatic heterocycles. The Morgan fingerprint density at radius 2 is 1.10 bits per heavy atom. The predicted octanol–water partition coefficient (Wildman–Crippen LogP) is 7.45. The van der Waals surface area contributed by atoms with E-state index in [4.69, 9.17) is 15.0 Å². The van der Waals surface area contributed by atoms with Gasteiger partial charge in [-0.1, -0.05) is 84.9 Å². The maximum Gasteiger partial charge on any atom is 0.164 e. The van der Waals surface area contributed by atoms with Crippen molar-refractivity contribution in [1.82, 2.24) is 19.5 Å². The van der Waals surface area contributed by atoms with Crippen molar-refractivity contribution in [2.24, 2.45) is 0 Å². The Morgan fingerprint density at radius 3 is 1.79 bits per heavy atom. The monoisotopic (exact) mass is 520 g/mol. The molecule has 184 valence electrons. The van der Waals surface area contributed by atoms with Gasteiger partial charge in [0.2, 0.25) is 0 Å². The number of hydrogen-bond donors (Lipinski definition) is 0. The van der Waals surface area contributed by atoms with Gasteiger partial charge < -0.3 is 4.57 Å². The van der Waals surface area contributed by atoms with Gasteiger partial charge in [-0.25, -0.2) is 19.2 Å². The van der Waals surface area contributed by atoms with Gasteiger partial charge in [0.05, 0.1) is 37.3 Å². The Morgan fingerprint density at radius 1 is 0.513 bits per heavy atom. The van der Waals surface area contributed by atoms with Crippen molar-refractivity contribution >= 4 is 32.6 Å². The first-order valence-corrected chi connectivity index (χ1v) is 13.9. The molecule has 5 nitrogen and oxygen atoms in total. The van der Waals surface area contributed by atoms with Crippen molar-refractivity contribution < 1.29 is 4.21 Å². The number of para-hydroxylation sites is 2. The SMILES string of the molecule is O=S1c2ccccc2-n2c3ccc(-c4nc(-c5ccccc5)nc(-c5ccccc5)n4)cc3c3cccc1c32. The van der Waals surface area contributed by atoms with Crippen LogP contribution in [0.4, 0.5) is 0 Å². The van der Waals surface area contributed by atoms with Gasteiger partial charge in [0.15, 0.2) is 17.5 Å². The topological polar surface area (TPSA) is 60.7 Å². The fourth-order valence-corrected chi connectivity index (χ4v) is 6.80. The van der Waals surface area contributed by atoms with E-state index in [0.717, 1.165) is 54.0 Å². The minimum atomic E-state index is -1.23. The molecule has 7 aromatic rings. The molecule has 0 saturated carbocycles. The van der Waals surface area contributed by atoms with Crippen molar-refractivity contribution in [2.75, 3.05) is 0 Å². The van der Waals surface area contributed by atoms with Crippen molar-refractivity contribution in [2.45, 2.75) is 9.79 Å². The maximum atomic E-state index is 13.5. The number of rotatable bonds is 3. The molecule has 0 N–H and O–H groups in total. The molecule has 1 aliphatic heterocycles. The zero-order chi connectivity index (χ0) is 25.9. The fourth-order valence-electron chi connectivity index (χ4n) is 5.43. The summed E-state index contributed by atoms with van der Waals surface area (Å²) in [6, 6.07) is 40.3. The highest BCUT2D eigenvalue weighted by molar-refractivity contribution is 7.85. The summed E-state index contributed by atoms with van der Waals surface area (Å²) >= 11 is 0. The number of nitrogens with zero attached hydrogens (tertiary/aromatic N) is 4. The van der Waals surface area contributed by atoms with E-state index in [0.29, 0.717) is 17.5 Å². The largest absolute Gasteiger partial charge is 0.307 e. The average Bonchev–Trinajstić information content (AvgIpc) is 3.35. The molecule has 0 radical (unpaired) electrons. The van der Waals surface area contributed by atoms with Crippen molar-refractivity contribution in [3.05, 3.63) is 121 Å². The Bertz CT molecular complexity index is 2030. The van der Waals surface area contributed by atoms with Crippen LogP contribution >= 0.6 is 0 Å². The summed E-state index contributed by atoms with van der Waals surface area (Å²) in [6.45, 7) is 0. The standard InChI is InChI=1S/C33H20N4OS/c38-39-28-16-8-7-15-27(28)37-26-19-18-23(20-25(26)24-14-9-17-29(39)30(24)37)33-35-31(21-10-3-1-4-11-21)34-32(36-33)22-12-5-2-6-13-22/h1-20H. The van der Waals surface area contributed by atoms with Crippen LogP contribution in [0, 0.1) is 0 Å². The molecule has 8 rings (SSSR count). The van der Waals surface area contributed by atoms with Gasteiger partial charge in [0.25, 0.3) is 0 Å². The van der Waals surface area contributed by atoms with E-state index < -0.39 is 10.8 Å². The summed E-state index contributed by atoms with van der Waals surface area (Å²) in [5.41, 5.74) is 5.78. The Kier molecular flexibility index (Phi) is 4.84. The third-order valence-corrected chi connectivity index (χ3v) is 8.69. The average molecular weight is 521 g/mol. The van der Waals surface area contributed by atoms with Crippen molar-refractivity contribution in [1.29, 1.82) is 0 Å². The van der Waals surface area contributed by atoms with E-state index >= 15 is 0 Å². The van der Waals surface area contributed by atoms with Crippen LogP contribution in [-0.2, 0) is 10.8 Å². The molecule has 0 saturated heterocycles. The van der Waals surface area contributed by atoms with Gasteiger partial charge >= 0.3 is 0 Å².